The first-order chi connectivity index (χ1) is 8.31. The Kier molecular flexibility index (Phi) is 4.57. The van der Waals surface area contributed by atoms with Crippen molar-refractivity contribution in [2.45, 2.75) is 51.7 Å². The Hall–Kier alpha value is -0.870. The van der Waals surface area contributed by atoms with Gasteiger partial charge in [-0.15, -0.1) is 0 Å². The van der Waals surface area contributed by atoms with Crippen molar-refractivity contribution in [3.8, 4) is 0 Å². The van der Waals surface area contributed by atoms with Gasteiger partial charge in [0, 0.05) is 6.61 Å². The summed E-state index contributed by atoms with van der Waals surface area (Å²) in [4.78, 5) is 4.34. The van der Waals surface area contributed by atoms with Crippen molar-refractivity contribution in [3.05, 3.63) is 17.8 Å². The highest BCUT2D eigenvalue weighted by molar-refractivity contribution is 5.01. The first-order valence-corrected chi connectivity index (χ1v) is 6.62. The van der Waals surface area contributed by atoms with E-state index in [2.05, 4.69) is 24.1 Å². The van der Waals surface area contributed by atoms with Gasteiger partial charge in [0.25, 0.3) is 0 Å². The predicted molar refractivity (Wildman–Crippen MR) is 65.8 cm³/mol. The van der Waals surface area contributed by atoms with Crippen LogP contribution in [0, 0.1) is 0 Å². The number of hydrogen-bond acceptors (Lipinski definition) is 4. The number of aromatic nitrogens is 1. The molecule has 1 aliphatic rings. The monoisotopic (exact) mass is 238 g/mol. The van der Waals surface area contributed by atoms with E-state index in [0.29, 0.717) is 0 Å². The van der Waals surface area contributed by atoms with Gasteiger partial charge in [0.1, 0.15) is 6.10 Å². The predicted octanol–water partition coefficient (Wildman–Crippen LogP) is 2.98. The Labute approximate surface area is 103 Å². The highest BCUT2D eigenvalue weighted by Gasteiger charge is 2.21. The summed E-state index contributed by atoms with van der Waals surface area (Å²) in [6.07, 6.45) is 6.46. The smallest absolute Gasteiger partial charge is 0.211 e. The van der Waals surface area contributed by atoms with Crippen LogP contribution in [0.1, 0.15) is 63.3 Å². The third-order valence-corrected chi connectivity index (χ3v) is 3.11. The highest BCUT2D eigenvalue weighted by atomic mass is 16.5. The first kappa shape index (κ1) is 12.6. The third-order valence-electron chi connectivity index (χ3n) is 3.11. The van der Waals surface area contributed by atoms with Gasteiger partial charge in [0.2, 0.25) is 5.89 Å². The van der Waals surface area contributed by atoms with Gasteiger partial charge >= 0.3 is 0 Å². The standard InChI is InChI=1S/C13H22N2O2/c1-3-7-14-10(2)13-15-9-12(17-13)11-6-4-5-8-16-11/h9-11,14H,3-8H2,1-2H3. The number of hydrogen-bond donors (Lipinski definition) is 1. The van der Waals surface area contributed by atoms with Crippen molar-refractivity contribution in [2.75, 3.05) is 13.2 Å². The summed E-state index contributed by atoms with van der Waals surface area (Å²) in [7, 11) is 0. The van der Waals surface area contributed by atoms with Crippen molar-refractivity contribution < 1.29 is 9.15 Å². The number of nitrogens with one attached hydrogen (secondary N) is 1. The van der Waals surface area contributed by atoms with Crippen molar-refractivity contribution in [3.63, 3.8) is 0 Å². The summed E-state index contributed by atoms with van der Waals surface area (Å²) in [5, 5.41) is 3.37. The largest absolute Gasteiger partial charge is 0.441 e. The molecule has 0 radical (unpaired) electrons. The topological polar surface area (TPSA) is 47.3 Å². The van der Waals surface area contributed by atoms with Crippen LogP contribution in [-0.4, -0.2) is 18.1 Å². The molecule has 0 spiro atoms. The molecule has 1 saturated heterocycles. The summed E-state index contributed by atoms with van der Waals surface area (Å²) < 4.78 is 11.5. The molecule has 0 bridgehead atoms. The molecule has 0 aliphatic carbocycles. The van der Waals surface area contributed by atoms with E-state index in [1.54, 1.807) is 0 Å². The van der Waals surface area contributed by atoms with E-state index in [4.69, 9.17) is 9.15 Å². The summed E-state index contributed by atoms with van der Waals surface area (Å²) >= 11 is 0. The van der Waals surface area contributed by atoms with Gasteiger partial charge in [0.05, 0.1) is 12.2 Å². The van der Waals surface area contributed by atoms with E-state index in [9.17, 15) is 0 Å². The third kappa shape index (κ3) is 3.30. The maximum absolute atomic E-state index is 5.78. The molecule has 4 heteroatoms. The number of nitrogens with zero attached hydrogens (tertiary/aromatic N) is 1. The normalized spacial score (nSPS) is 22.6. The van der Waals surface area contributed by atoms with E-state index < -0.39 is 0 Å². The molecule has 17 heavy (non-hydrogen) atoms. The van der Waals surface area contributed by atoms with Crippen LogP contribution in [0.3, 0.4) is 0 Å². The van der Waals surface area contributed by atoms with E-state index in [-0.39, 0.29) is 12.1 Å². The molecule has 0 amide bonds. The highest BCUT2D eigenvalue weighted by Crippen LogP contribution is 2.29. The van der Waals surface area contributed by atoms with Crippen LogP contribution in [0.4, 0.5) is 0 Å². The molecule has 2 atom stereocenters. The zero-order valence-electron chi connectivity index (χ0n) is 10.7. The van der Waals surface area contributed by atoms with Crippen LogP contribution in [0.5, 0.6) is 0 Å². The molecular weight excluding hydrogens is 216 g/mol. The Bertz CT molecular complexity index is 332. The quantitative estimate of drug-likeness (QED) is 0.856. The maximum Gasteiger partial charge on any atom is 0.211 e. The second kappa shape index (κ2) is 6.17. The fraction of sp³-hybridized carbons (Fsp3) is 0.769. The number of rotatable bonds is 5. The molecule has 1 aromatic rings. The lowest BCUT2D eigenvalue weighted by molar-refractivity contribution is 0.00101. The summed E-state index contributed by atoms with van der Waals surface area (Å²) in [5.74, 6) is 1.65. The van der Waals surface area contributed by atoms with Crippen molar-refractivity contribution in [1.29, 1.82) is 0 Å². The Morgan fingerprint density at radius 1 is 1.53 bits per heavy atom. The minimum Gasteiger partial charge on any atom is -0.441 e. The van der Waals surface area contributed by atoms with E-state index in [1.165, 1.54) is 6.42 Å². The molecule has 0 saturated carbocycles. The lowest BCUT2D eigenvalue weighted by Gasteiger charge is -2.20. The lowest BCUT2D eigenvalue weighted by atomic mass is 10.1. The van der Waals surface area contributed by atoms with Crippen LogP contribution in [0.25, 0.3) is 0 Å². The van der Waals surface area contributed by atoms with E-state index >= 15 is 0 Å². The Balaban J connectivity index is 1.94. The second-order valence-corrected chi connectivity index (χ2v) is 4.63. The zero-order valence-corrected chi connectivity index (χ0v) is 10.7. The average molecular weight is 238 g/mol. The van der Waals surface area contributed by atoms with Crippen molar-refractivity contribution in [1.82, 2.24) is 10.3 Å². The SMILES string of the molecule is CCCNC(C)c1ncc(C2CCCCO2)o1. The molecule has 2 unspecified atom stereocenters. The van der Waals surface area contributed by atoms with Gasteiger partial charge in [0.15, 0.2) is 5.76 Å². The molecule has 0 aromatic carbocycles. The fourth-order valence-electron chi connectivity index (χ4n) is 2.06. The molecular formula is C13H22N2O2. The molecule has 2 heterocycles. The van der Waals surface area contributed by atoms with E-state index in [1.807, 2.05) is 6.20 Å². The van der Waals surface area contributed by atoms with Crippen LogP contribution in [0.15, 0.2) is 10.6 Å². The second-order valence-electron chi connectivity index (χ2n) is 4.63. The van der Waals surface area contributed by atoms with Gasteiger partial charge < -0.3 is 14.5 Å². The van der Waals surface area contributed by atoms with Crippen LogP contribution in [0.2, 0.25) is 0 Å². The molecule has 1 N–H and O–H groups in total. The van der Waals surface area contributed by atoms with Crippen molar-refractivity contribution in [2.24, 2.45) is 0 Å². The summed E-state index contributed by atoms with van der Waals surface area (Å²) in [6.45, 7) is 6.05. The van der Waals surface area contributed by atoms with E-state index in [0.717, 1.165) is 44.1 Å². The van der Waals surface area contributed by atoms with Crippen LogP contribution < -0.4 is 5.32 Å². The van der Waals surface area contributed by atoms with Gasteiger partial charge in [-0.3, -0.25) is 0 Å². The Morgan fingerprint density at radius 3 is 3.12 bits per heavy atom. The molecule has 1 aromatic heterocycles. The molecule has 1 fully saturated rings. The summed E-state index contributed by atoms with van der Waals surface area (Å²) in [6, 6.07) is 0.173. The number of oxazole rings is 1. The summed E-state index contributed by atoms with van der Waals surface area (Å²) in [5.41, 5.74) is 0. The van der Waals surface area contributed by atoms with Gasteiger partial charge in [-0.05, 0) is 39.2 Å². The van der Waals surface area contributed by atoms with Gasteiger partial charge in [-0.1, -0.05) is 6.92 Å². The van der Waals surface area contributed by atoms with Crippen molar-refractivity contribution >= 4 is 0 Å². The van der Waals surface area contributed by atoms with Gasteiger partial charge in [-0.2, -0.15) is 0 Å². The molecule has 96 valence electrons. The minimum absolute atomic E-state index is 0.114. The zero-order chi connectivity index (χ0) is 12.1. The maximum atomic E-state index is 5.78. The molecule has 4 nitrogen and oxygen atoms in total. The molecule has 2 rings (SSSR count). The first-order valence-electron chi connectivity index (χ1n) is 6.62. The molecule has 1 aliphatic heterocycles. The fourth-order valence-corrected chi connectivity index (χ4v) is 2.06. The van der Waals surface area contributed by atoms with Crippen LogP contribution >= 0.6 is 0 Å². The Morgan fingerprint density at radius 2 is 2.41 bits per heavy atom. The van der Waals surface area contributed by atoms with Crippen LogP contribution in [-0.2, 0) is 4.74 Å². The number of ether oxygens (including phenoxy) is 1. The minimum atomic E-state index is 0.114. The van der Waals surface area contributed by atoms with Gasteiger partial charge in [-0.25, -0.2) is 4.98 Å². The average Bonchev–Trinajstić information content (AvgIpc) is 2.86. The lowest BCUT2D eigenvalue weighted by Crippen LogP contribution is -2.19.